The monoisotopic (exact) mass is 325 g/mol. The highest BCUT2D eigenvalue weighted by atomic mass is 79.9. The number of halogens is 1. The van der Waals surface area contributed by atoms with E-state index >= 15 is 0 Å². The van der Waals surface area contributed by atoms with Crippen LogP contribution in [0.5, 0.6) is 11.5 Å². The Balaban J connectivity index is 2.21. The van der Waals surface area contributed by atoms with Crippen LogP contribution in [0.2, 0.25) is 0 Å². The van der Waals surface area contributed by atoms with Crippen molar-refractivity contribution in [2.45, 2.75) is 24.7 Å². The van der Waals surface area contributed by atoms with E-state index in [1.165, 1.54) is 6.42 Å². The van der Waals surface area contributed by atoms with Crippen molar-refractivity contribution in [2.24, 2.45) is 5.73 Å². The fraction of sp³-hybridized carbons (Fsp3) is 0.500. The Kier molecular flexibility index (Phi) is 3.27. The maximum absolute atomic E-state index is 11.2. The van der Waals surface area contributed by atoms with Crippen molar-refractivity contribution in [3.8, 4) is 11.5 Å². The molecule has 19 heavy (non-hydrogen) atoms. The highest BCUT2D eigenvalue weighted by Gasteiger charge is 2.43. The number of carbonyl (C=O) groups is 1. The molecule has 0 aromatic heterocycles. The molecule has 5 heteroatoms. The second-order valence-electron chi connectivity index (χ2n) is 5.13. The van der Waals surface area contributed by atoms with Gasteiger partial charge in [0.1, 0.15) is 13.2 Å². The molecule has 0 unspecified atom stereocenters. The summed E-state index contributed by atoms with van der Waals surface area (Å²) in [6, 6.07) is 1.81. The van der Waals surface area contributed by atoms with Crippen LogP contribution in [0.25, 0.3) is 0 Å². The zero-order chi connectivity index (χ0) is 13.5. The minimum Gasteiger partial charge on any atom is -0.486 e. The molecule has 1 aliphatic heterocycles. The van der Waals surface area contributed by atoms with E-state index in [0.717, 1.165) is 29.2 Å². The lowest BCUT2D eigenvalue weighted by molar-refractivity contribution is 0.110. The first-order valence-corrected chi connectivity index (χ1v) is 7.29. The number of ether oxygens (including phenoxy) is 2. The van der Waals surface area contributed by atoms with Gasteiger partial charge in [-0.2, -0.15) is 0 Å². The van der Waals surface area contributed by atoms with Crippen LogP contribution >= 0.6 is 15.9 Å². The fourth-order valence-electron chi connectivity index (χ4n) is 2.94. The summed E-state index contributed by atoms with van der Waals surface area (Å²) in [6.07, 6.45) is 4.09. The second-order valence-corrected chi connectivity index (χ2v) is 5.99. The Morgan fingerprint density at radius 2 is 2.00 bits per heavy atom. The molecule has 2 N–H and O–H groups in total. The molecule has 2 aliphatic rings. The maximum Gasteiger partial charge on any atom is 0.172 e. The SMILES string of the molecule is NCC1(c2c(Br)cc(C=O)c3c2OCCO3)CCC1. The van der Waals surface area contributed by atoms with Crippen molar-refractivity contribution in [3.05, 3.63) is 21.7 Å². The first-order chi connectivity index (χ1) is 9.22. The fourth-order valence-corrected chi connectivity index (χ4v) is 3.79. The summed E-state index contributed by atoms with van der Waals surface area (Å²) >= 11 is 3.57. The van der Waals surface area contributed by atoms with E-state index in [4.69, 9.17) is 15.2 Å². The standard InChI is InChI=1S/C14H16BrNO3/c15-10-6-9(7-17)12-13(19-5-4-18-12)11(10)14(8-16)2-1-3-14/h6-7H,1-5,8,16H2. The van der Waals surface area contributed by atoms with Crippen LogP contribution in [0.1, 0.15) is 35.2 Å². The number of hydrogen-bond donors (Lipinski definition) is 1. The zero-order valence-corrected chi connectivity index (χ0v) is 12.2. The molecule has 0 bridgehead atoms. The molecule has 1 saturated carbocycles. The Labute approximate surface area is 120 Å². The van der Waals surface area contributed by atoms with Gasteiger partial charge >= 0.3 is 0 Å². The smallest absolute Gasteiger partial charge is 0.172 e. The van der Waals surface area contributed by atoms with Crippen molar-refractivity contribution >= 4 is 22.2 Å². The van der Waals surface area contributed by atoms with Gasteiger partial charge in [0, 0.05) is 22.0 Å². The second kappa shape index (κ2) is 4.80. The summed E-state index contributed by atoms with van der Waals surface area (Å²) < 4.78 is 12.3. The number of rotatable bonds is 3. The quantitative estimate of drug-likeness (QED) is 0.867. The zero-order valence-electron chi connectivity index (χ0n) is 10.6. The summed E-state index contributed by atoms with van der Waals surface area (Å²) in [7, 11) is 0. The number of benzene rings is 1. The average Bonchev–Trinajstić information content (AvgIpc) is 2.40. The Bertz CT molecular complexity index is 520. The van der Waals surface area contributed by atoms with E-state index < -0.39 is 0 Å². The summed E-state index contributed by atoms with van der Waals surface area (Å²) in [5, 5.41) is 0. The lowest BCUT2D eigenvalue weighted by Gasteiger charge is -2.43. The summed E-state index contributed by atoms with van der Waals surface area (Å²) in [6.45, 7) is 1.57. The van der Waals surface area contributed by atoms with Crippen molar-refractivity contribution in [1.82, 2.24) is 0 Å². The largest absolute Gasteiger partial charge is 0.486 e. The highest BCUT2D eigenvalue weighted by molar-refractivity contribution is 9.10. The van der Waals surface area contributed by atoms with E-state index in [0.29, 0.717) is 36.8 Å². The first kappa shape index (κ1) is 12.9. The predicted molar refractivity (Wildman–Crippen MR) is 75.1 cm³/mol. The molecular weight excluding hydrogens is 310 g/mol. The number of nitrogens with two attached hydrogens (primary N) is 1. The van der Waals surface area contributed by atoms with Crippen molar-refractivity contribution < 1.29 is 14.3 Å². The van der Waals surface area contributed by atoms with E-state index in [2.05, 4.69) is 15.9 Å². The minimum absolute atomic E-state index is 0.0367. The molecule has 0 amide bonds. The summed E-state index contributed by atoms with van der Waals surface area (Å²) in [4.78, 5) is 11.2. The number of fused-ring (bicyclic) bond motifs is 1. The van der Waals surface area contributed by atoms with E-state index in [1.807, 2.05) is 6.07 Å². The summed E-state index contributed by atoms with van der Waals surface area (Å²) in [5.41, 5.74) is 7.55. The van der Waals surface area contributed by atoms with Crippen molar-refractivity contribution in [3.63, 3.8) is 0 Å². The molecule has 0 saturated heterocycles. The Morgan fingerprint density at radius 3 is 2.53 bits per heavy atom. The molecule has 102 valence electrons. The van der Waals surface area contributed by atoms with Crippen LogP contribution in [-0.4, -0.2) is 26.0 Å². The highest BCUT2D eigenvalue weighted by Crippen LogP contribution is 2.53. The average molecular weight is 326 g/mol. The molecule has 3 rings (SSSR count). The lowest BCUT2D eigenvalue weighted by Crippen LogP contribution is -2.42. The van der Waals surface area contributed by atoms with Gasteiger partial charge in [0.25, 0.3) is 0 Å². The van der Waals surface area contributed by atoms with Gasteiger partial charge in [0.2, 0.25) is 0 Å². The third kappa shape index (κ3) is 1.87. The molecule has 4 nitrogen and oxygen atoms in total. The molecule has 1 heterocycles. The van der Waals surface area contributed by atoms with Crippen LogP contribution in [-0.2, 0) is 5.41 Å². The van der Waals surface area contributed by atoms with Gasteiger partial charge in [0.15, 0.2) is 17.8 Å². The van der Waals surface area contributed by atoms with E-state index in [9.17, 15) is 4.79 Å². The minimum atomic E-state index is -0.0367. The molecule has 1 aromatic carbocycles. The van der Waals surface area contributed by atoms with Gasteiger partial charge in [-0.1, -0.05) is 22.4 Å². The number of carbonyl (C=O) groups excluding carboxylic acids is 1. The van der Waals surface area contributed by atoms with Crippen LogP contribution in [0.15, 0.2) is 10.5 Å². The topological polar surface area (TPSA) is 61.6 Å². The summed E-state index contributed by atoms with van der Waals surface area (Å²) in [5.74, 6) is 1.27. The van der Waals surface area contributed by atoms with Crippen LogP contribution < -0.4 is 15.2 Å². The van der Waals surface area contributed by atoms with Crippen LogP contribution in [0.4, 0.5) is 0 Å². The normalized spacial score (nSPS) is 19.7. The first-order valence-electron chi connectivity index (χ1n) is 6.50. The molecule has 1 fully saturated rings. The lowest BCUT2D eigenvalue weighted by atomic mass is 9.64. The third-order valence-corrected chi connectivity index (χ3v) is 4.78. The number of aldehydes is 1. The van der Waals surface area contributed by atoms with Gasteiger partial charge in [-0.25, -0.2) is 0 Å². The van der Waals surface area contributed by atoms with Gasteiger partial charge in [0.05, 0.1) is 5.56 Å². The van der Waals surface area contributed by atoms with Gasteiger partial charge < -0.3 is 15.2 Å². The van der Waals surface area contributed by atoms with Crippen molar-refractivity contribution in [1.29, 1.82) is 0 Å². The maximum atomic E-state index is 11.2. The number of hydrogen-bond acceptors (Lipinski definition) is 4. The molecule has 1 aromatic rings. The van der Waals surface area contributed by atoms with E-state index in [-0.39, 0.29) is 5.41 Å². The van der Waals surface area contributed by atoms with Crippen LogP contribution in [0.3, 0.4) is 0 Å². The van der Waals surface area contributed by atoms with Gasteiger partial charge in [-0.3, -0.25) is 4.79 Å². The molecule has 1 aliphatic carbocycles. The Morgan fingerprint density at radius 1 is 1.32 bits per heavy atom. The van der Waals surface area contributed by atoms with Gasteiger partial charge in [-0.05, 0) is 18.9 Å². The van der Waals surface area contributed by atoms with Crippen LogP contribution in [0, 0.1) is 0 Å². The third-order valence-electron chi connectivity index (χ3n) is 4.15. The molecule has 0 atom stereocenters. The molecule has 0 radical (unpaired) electrons. The van der Waals surface area contributed by atoms with E-state index in [1.54, 1.807) is 0 Å². The molecular formula is C14H16BrNO3. The van der Waals surface area contributed by atoms with Gasteiger partial charge in [-0.15, -0.1) is 0 Å². The predicted octanol–water partition coefficient (Wildman–Crippen LogP) is 2.41. The molecule has 0 spiro atoms. The Hall–Kier alpha value is -1.07. The van der Waals surface area contributed by atoms with Crippen molar-refractivity contribution in [2.75, 3.05) is 19.8 Å².